The molecule has 0 heterocycles. The van der Waals surface area contributed by atoms with Gasteiger partial charge in [-0.1, -0.05) is 6.07 Å². The van der Waals surface area contributed by atoms with Gasteiger partial charge in [0.25, 0.3) is 11.6 Å². The van der Waals surface area contributed by atoms with Gasteiger partial charge >= 0.3 is 5.97 Å². The lowest BCUT2D eigenvalue weighted by Crippen LogP contribution is -2.30. The Balaban J connectivity index is 2.00. The summed E-state index contributed by atoms with van der Waals surface area (Å²) in [5, 5.41) is 13.2. The number of hydrogen-bond donors (Lipinski definition) is 1. The van der Waals surface area contributed by atoms with Gasteiger partial charge in [0, 0.05) is 17.8 Å². The van der Waals surface area contributed by atoms with E-state index >= 15 is 0 Å². The van der Waals surface area contributed by atoms with Gasteiger partial charge in [-0.25, -0.2) is 9.18 Å². The van der Waals surface area contributed by atoms with Crippen LogP contribution < -0.4 is 5.32 Å². The van der Waals surface area contributed by atoms with E-state index in [9.17, 15) is 24.1 Å². The summed E-state index contributed by atoms with van der Waals surface area (Å²) in [5.41, 5.74) is 0.0538. The molecule has 24 heavy (non-hydrogen) atoms. The zero-order chi connectivity index (χ0) is 17.7. The van der Waals surface area contributed by atoms with Crippen LogP contribution in [0, 0.1) is 15.9 Å². The molecule has 0 saturated heterocycles. The van der Waals surface area contributed by atoms with Gasteiger partial charge in [0.15, 0.2) is 6.10 Å². The number of non-ortho nitro benzene ring substituents is 1. The molecule has 0 bridgehead atoms. The van der Waals surface area contributed by atoms with Crippen molar-refractivity contribution in [3.05, 3.63) is 70.0 Å². The van der Waals surface area contributed by atoms with Gasteiger partial charge in [0.2, 0.25) is 0 Å². The summed E-state index contributed by atoms with van der Waals surface area (Å²) in [6, 6.07) is 10.1. The number of halogens is 1. The Hall–Kier alpha value is -3.29. The third-order valence-corrected chi connectivity index (χ3v) is 3.06. The zero-order valence-corrected chi connectivity index (χ0v) is 12.6. The van der Waals surface area contributed by atoms with Gasteiger partial charge in [0.1, 0.15) is 5.82 Å². The maximum atomic E-state index is 12.8. The van der Waals surface area contributed by atoms with E-state index in [4.69, 9.17) is 4.74 Å². The van der Waals surface area contributed by atoms with Crippen LogP contribution in [0.5, 0.6) is 0 Å². The number of nitro groups is 1. The number of rotatable bonds is 5. The zero-order valence-electron chi connectivity index (χ0n) is 12.6. The average molecular weight is 332 g/mol. The van der Waals surface area contributed by atoms with Crippen molar-refractivity contribution < 1.29 is 23.6 Å². The molecule has 1 N–H and O–H groups in total. The summed E-state index contributed by atoms with van der Waals surface area (Å²) in [7, 11) is 0. The van der Waals surface area contributed by atoms with E-state index < -0.39 is 28.7 Å². The van der Waals surface area contributed by atoms with E-state index in [1.54, 1.807) is 0 Å². The van der Waals surface area contributed by atoms with Crippen LogP contribution in [-0.4, -0.2) is 22.9 Å². The lowest BCUT2D eigenvalue weighted by molar-refractivity contribution is -0.384. The third kappa shape index (κ3) is 4.35. The summed E-state index contributed by atoms with van der Waals surface area (Å²) in [6.07, 6.45) is -1.14. The molecule has 2 rings (SSSR count). The van der Waals surface area contributed by atoms with E-state index in [-0.39, 0.29) is 11.3 Å². The highest BCUT2D eigenvalue weighted by molar-refractivity contribution is 5.97. The molecule has 0 fully saturated rings. The van der Waals surface area contributed by atoms with E-state index in [0.717, 1.165) is 6.07 Å². The van der Waals surface area contributed by atoms with Crippen molar-refractivity contribution in [1.82, 2.24) is 0 Å². The number of ether oxygens (including phenoxy) is 1. The van der Waals surface area contributed by atoms with Crippen LogP contribution >= 0.6 is 0 Å². The minimum atomic E-state index is -1.14. The number of hydrogen-bond acceptors (Lipinski definition) is 5. The monoisotopic (exact) mass is 332 g/mol. The maximum absolute atomic E-state index is 12.8. The second-order valence-electron chi connectivity index (χ2n) is 4.85. The lowest BCUT2D eigenvalue weighted by Gasteiger charge is -2.13. The second-order valence-corrected chi connectivity index (χ2v) is 4.85. The second kappa shape index (κ2) is 7.32. The number of nitrogens with zero attached hydrogens (tertiary/aromatic N) is 1. The Morgan fingerprint density at radius 3 is 2.50 bits per heavy atom. The summed E-state index contributed by atoms with van der Waals surface area (Å²) in [5.74, 6) is -1.92. The Labute approximate surface area is 136 Å². The lowest BCUT2D eigenvalue weighted by atomic mass is 10.2. The minimum Gasteiger partial charge on any atom is -0.449 e. The molecule has 8 heteroatoms. The van der Waals surface area contributed by atoms with Gasteiger partial charge in [0.05, 0.1) is 10.5 Å². The maximum Gasteiger partial charge on any atom is 0.339 e. The molecular formula is C16H13FN2O5. The molecule has 0 aliphatic carbocycles. The predicted molar refractivity (Wildman–Crippen MR) is 83.0 cm³/mol. The molecule has 2 aromatic carbocycles. The van der Waals surface area contributed by atoms with Crippen LogP contribution in [0.25, 0.3) is 0 Å². The molecule has 2 aromatic rings. The van der Waals surface area contributed by atoms with Crippen molar-refractivity contribution in [1.29, 1.82) is 0 Å². The number of anilines is 1. The first-order valence-corrected chi connectivity index (χ1v) is 6.88. The standard InChI is InChI=1S/C16H13FN2O5/c1-10(15(20)18-13-7-5-12(17)6-8-13)24-16(21)11-3-2-4-14(9-11)19(22)23/h2-10H,1H3,(H,18,20)/t10-/m0/s1. The Morgan fingerprint density at radius 1 is 1.21 bits per heavy atom. The largest absolute Gasteiger partial charge is 0.449 e. The number of nitrogens with one attached hydrogen (secondary N) is 1. The molecule has 1 amide bonds. The highest BCUT2D eigenvalue weighted by Gasteiger charge is 2.20. The molecule has 7 nitrogen and oxygen atoms in total. The topological polar surface area (TPSA) is 98.5 Å². The fourth-order valence-corrected chi connectivity index (χ4v) is 1.81. The van der Waals surface area contributed by atoms with Gasteiger partial charge in [-0.3, -0.25) is 14.9 Å². The number of esters is 1. The van der Waals surface area contributed by atoms with Crippen LogP contribution in [0.4, 0.5) is 15.8 Å². The SMILES string of the molecule is C[C@H](OC(=O)c1cccc([N+](=O)[O-])c1)C(=O)Nc1ccc(F)cc1. The molecule has 0 aliphatic heterocycles. The van der Waals surface area contributed by atoms with Crippen molar-refractivity contribution in [2.75, 3.05) is 5.32 Å². The van der Waals surface area contributed by atoms with Crippen LogP contribution in [0.1, 0.15) is 17.3 Å². The van der Waals surface area contributed by atoms with Crippen LogP contribution in [0.3, 0.4) is 0 Å². The van der Waals surface area contributed by atoms with E-state index in [1.165, 1.54) is 49.4 Å². The summed E-state index contributed by atoms with van der Waals surface area (Å²) in [6.45, 7) is 1.36. The fraction of sp³-hybridized carbons (Fsp3) is 0.125. The number of carbonyl (C=O) groups excluding carboxylic acids is 2. The normalized spacial score (nSPS) is 11.4. The van der Waals surface area contributed by atoms with Gasteiger partial charge in [-0.15, -0.1) is 0 Å². The molecule has 0 aromatic heterocycles. The molecule has 0 radical (unpaired) electrons. The van der Waals surface area contributed by atoms with Gasteiger partial charge < -0.3 is 10.1 Å². The highest BCUT2D eigenvalue weighted by Crippen LogP contribution is 2.15. The van der Waals surface area contributed by atoms with E-state index in [0.29, 0.717) is 5.69 Å². The number of carbonyl (C=O) groups is 2. The number of amides is 1. The Bertz CT molecular complexity index is 776. The van der Waals surface area contributed by atoms with Crippen molar-refractivity contribution in [2.24, 2.45) is 0 Å². The first kappa shape index (κ1) is 17.1. The molecule has 1 atom stereocenters. The quantitative estimate of drug-likeness (QED) is 0.515. The van der Waals surface area contributed by atoms with Crippen LogP contribution in [-0.2, 0) is 9.53 Å². The minimum absolute atomic E-state index is 0.0365. The molecule has 0 saturated carbocycles. The first-order valence-electron chi connectivity index (χ1n) is 6.88. The third-order valence-electron chi connectivity index (χ3n) is 3.06. The van der Waals surface area contributed by atoms with Crippen LogP contribution in [0.2, 0.25) is 0 Å². The van der Waals surface area contributed by atoms with E-state index in [2.05, 4.69) is 5.32 Å². The molecule has 0 unspecified atom stereocenters. The molecule has 0 spiro atoms. The average Bonchev–Trinajstić information content (AvgIpc) is 2.56. The van der Waals surface area contributed by atoms with E-state index in [1.807, 2.05) is 0 Å². The van der Waals surface area contributed by atoms with Crippen molar-refractivity contribution >= 4 is 23.3 Å². The predicted octanol–water partition coefficient (Wildman–Crippen LogP) is 2.92. The van der Waals surface area contributed by atoms with Gasteiger partial charge in [-0.2, -0.15) is 0 Å². The molecular weight excluding hydrogens is 319 g/mol. The molecule has 124 valence electrons. The smallest absolute Gasteiger partial charge is 0.339 e. The highest BCUT2D eigenvalue weighted by atomic mass is 19.1. The fourth-order valence-electron chi connectivity index (χ4n) is 1.81. The van der Waals surface area contributed by atoms with Crippen molar-refractivity contribution in [3.63, 3.8) is 0 Å². The Morgan fingerprint density at radius 2 is 1.88 bits per heavy atom. The first-order chi connectivity index (χ1) is 11.4. The van der Waals surface area contributed by atoms with Crippen molar-refractivity contribution in [3.8, 4) is 0 Å². The summed E-state index contributed by atoms with van der Waals surface area (Å²) in [4.78, 5) is 34.0. The van der Waals surface area contributed by atoms with Crippen molar-refractivity contribution in [2.45, 2.75) is 13.0 Å². The summed E-state index contributed by atoms with van der Waals surface area (Å²) < 4.78 is 17.8. The van der Waals surface area contributed by atoms with Gasteiger partial charge in [-0.05, 0) is 37.3 Å². The number of nitro benzene ring substituents is 1. The molecule has 0 aliphatic rings. The Kier molecular flexibility index (Phi) is 5.20. The number of benzene rings is 2. The van der Waals surface area contributed by atoms with Crippen LogP contribution in [0.15, 0.2) is 48.5 Å². The summed E-state index contributed by atoms with van der Waals surface area (Å²) >= 11 is 0.